The standard InChI is InChI=1S/C43H40N4O11S/c1-6-11-46-26-14-23-12-19(2)36(53-5)35(49)30(23)33(46)34-40-32-31(39-38(55-18-56-39)20(3)37(32)57-21(4)48)28(47(34)27(26)15-44)16-54-43(52)25(17-59-40)45-41(50)24-13-22-9-7-8-10-29(22)58-42(24)51/h6-10,12-13,25-28,33-34,40,49H,1,11,14,16-18H2,2-5H3,(H,45,50)/t25?,26-,27-,28-,33-,34?,40+/m0/s1. The highest BCUT2D eigenvalue weighted by molar-refractivity contribution is 7.99. The zero-order valence-electron chi connectivity index (χ0n) is 32.6. The highest BCUT2D eigenvalue weighted by Crippen LogP contribution is 2.64. The van der Waals surface area contributed by atoms with Gasteiger partial charge in [-0.05, 0) is 43.5 Å². The van der Waals surface area contributed by atoms with Crippen molar-refractivity contribution in [2.75, 3.05) is 32.8 Å². The number of methoxy groups -OCH3 is 1. The molecule has 0 radical (unpaired) electrons. The Morgan fingerprint density at radius 2 is 1.88 bits per heavy atom. The van der Waals surface area contributed by atoms with Crippen molar-refractivity contribution in [2.24, 2.45) is 0 Å². The van der Waals surface area contributed by atoms with Gasteiger partial charge < -0.3 is 38.5 Å². The van der Waals surface area contributed by atoms with E-state index in [1.165, 1.54) is 31.9 Å². The summed E-state index contributed by atoms with van der Waals surface area (Å²) in [4.78, 5) is 58.1. The van der Waals surface area contributed by atoms with Gasteiger partial charge >= 0.3 is 17.6 Å². The number of benzene rings is 3. The van der Waals surface area contributed by atoms with E-state index in [1.807, 2.05) is 13.0 Å². The average molecular weight is 821 g/mol. The molecule has 7 heterocycles. The van der Waals surface area contributed by atoms with Crippen molar-refractivity contribution in [2.45, 2.75) is 68.7 Å². The number of nitriles is 1. The van der Waals surface area contributed by atoms with E-state index >= 15 is 0 Å². The van der Waals surface area contributed by atoms with Crippen LogP contribution in [0, 0.1) is 25.2 Å². The second kappa shape index (κ2) is 14.7. The quantitative estimate of drug-likeness (QED) is 0.118. The fourth-order valence-electron chi connectivity index (χ4n) is 9.77. The van der Waals surface area contributed by atoms with E-state index in [2.05, 4.69) is 27.8 Å². The highest BCUT2D eigenvalue weighted by Gasteiger charge is 2.61. The summed E-state index contributed by atoms with van der Waals surface area (Å²) in [6.07, 6.45) is 2.18. The van der Waals surface area contributed by atoms with E-state index in [9.17, 15) is 29.5 Å². The smallest absolute Gasteiger partial charge is 0.349 e. The third kappa shape index (κ3) is 5.93. The van der Waals surface area contributed by atoms with Gasteiger partial charge in [0, 0.05) is 58.9 Å². The minimum atomic E-state index is -1.26. The minimum absolute atomic E-state index is 0.0265. The molecule has 304 valence electrons. The number of para-hydroxylation sites is 1. The molecule has 0 saturated carbocycles. The predicted molar refractivity (Wildman–Crippen MR) is 213 cm³/mol. The molecule has 6 aliphatic heterocycles. The minimum Gasteiger partial charge on any atom is -0.504 e. The number of rotatable bonds is 6. The lowest BCUT2D eigenvalue weighted by molar-refractivity contribution is -0.151. The monoisotopic (exact) mass is 820 g/mol. The Hall–Kier alpha value is -6.02. The van der Waals surface area contributed by atoms with Crippen LogP contribution in [-0.4, -0.2) is 89.7 Å². The van der Waals surface area contributed by atoms with Crippen LogP contribution in [0.3, 0.4) is 0 Å². The number of fused-ring (bicyclic) bond motifs is 11. The number of carbonyl (C=O) groups is 3. The Morgan fingerprint density at radius 1 is 1.10 bits per heavy atom. The molecule has 7 atom stereocenters. The van der Waals surface area contributed by atoms with E-state index in [4.69, 9.17) is 28.1 Å². The summed E-state index contributed by atoms with van der Waals surface area (Å²) >= 11 is 1.29. The SMILES string of the molecule is C=CCN1[C@H]2c3c(cc(C)c(OC)c3O)C[C@H]1[C@H](C#N)N1C2[C@@H]2SCC(NC(=O)c3cc4ccccc4oc3=O)C(=O)OC[C@H]1c1c3c(c(C)c(OC(C)=O)c12)OCO3. The second-order valence-corrected chi connectivity index (χ2v) is 16.4. The number of hydrogen-bond acceptors (Lipinski definition) is 15. The molecule has 2 N–H and O–H groups in total. The molecule has 2 saturated heterocycles. The summed E-state index contributed by atoms with van der Waals surface area (Å²) in [7, 11) is 1.50. The van der Waals surface area contributed by atoms with Crippen molar-refractivity contribution >= 4 is 40.6 Å². The molecule has 3 aromatic carbocycles. The summed E-state index contributed by atoms with van der Waals surface area (Å²) in [6.45, 7) is 8.93. The van der Waals surface area contributed by atoms with E-state index in [0.717, 1.165) is 11.1 Å². The van der Waals surface area contributed by atoms with Gasteiger partial charge in [0.25, 0.3) is 5.91 Å². The molecule has 1 amide bonds. The molecule has 1 aromatic heterocycles. The molecule has 0 spiro atoms. The molecule has 4 bridgehead atoms. The lowest BCUT2D eigenvalue weighted by Gasteiger charge is -2.62. The van der Waals surface area contributed by atoms with Crippen LogP contribution in [0.1, 0.15) is 68.0 Å². The van der Waals surface area contributed by atoms with E-state index in [0.29, 0.717) is 63.4 Å². The summed E-state index contributed by atoms with van der Waals surface area (Å²) in [6, 6.07) is 8.22. The van der Waals surface area contributed by atoms with Crippen LogP contribution >= 0.6 is 11.8 Å². The van der Waals surface area contributed by atoms with Crippen molar-refractivity contribution < 1.29 is 47.6 Å². The van der Waals surface area contributed by atoms with E-state index in [1.54, 1.807) is 37.3 Å². The maximum Gasteiger partial charge on any atom is 0.349 e. The second-order valence-electron chi connectivity index (χ2n) is 15.2. The van der Waals surface area contributed by atoms with Crippen LogP contribution in [-0.2, 0) is 20.7 Å². The van der Waals surface area contributed by atoms with Crippen molar-refractivity contribution in [3.05, 3.63) is 98.4 Å². The molecule has 59 heavy (non-hydrogen) atoms. The third-order valence-corrected chi connectivity index (χ3v) is 13.4. The largest absolute Gasteiger partial charge is 0.504 e. The molecule has 6 aliphatic rings. The van der Waals surface area contributed by atoms with Gasteiger partial charge in [-0.3, -0.25) is 19.4 Å². The Labute approximate surface area is 342 Å². The number of aromatic hydroxyl groups is 1. The predicted octanol–water partition coefficient (Wildman–Crippen LogP) is 4.69. The number of carbonyl (C=O) groups excluding carboxylic acids is 3. The lowest BCUT2D eigenvalue weighted by atomic mass is 9.71. The van der Waals surface area contributed by atoms with Gasteiger partial charge in [0.1, 0.15) is 35.6 Å². The number of ether oxygens (including phenoxy) is 5. The van der Waals surface area contributed by atoms with Gasteiger partial charge in [-0.1, -0.05) is 30.3 Å². The van der Waals surface area contributed by atoms with Crippen LogP contribution in [0.5, 0.6) is 28.7 Å². The van der Waals surface area contributed by atoms with Gasteiger partial charge in [0.05, 0.1) is 30.5 Å². The fraction of sp³-hybridized carbons (Fsp3) is 0.372. The lowest BCUT2D eigenvalue weighted by Crippen LogP contribution is -2.70. The number of piperazine rings is 1. The van der Waals surface area contributed by atoms with Gasteiger partial charge in [-0.25, -0.2) is 9.59 Å². The number of nitrogens with one attached hydrogen (secondary N) is 1. The molecular formula is C43H40N4O11S. The summed E-state index contributed by atoms with van der Waals surface area (Å²) in [5, 5.41) is 25.8. The van der Waals surface area contributed by atoms with Gasteiger partial charge in [-0.15, -0.1) is 18.3 Å². The fourth-order valence-corrected chi connectivity index (χ4v) is 11.3. The Bertz CT molecular complexity index is 2590. The van der Waals surface area contributed by atoms with Crippen LogP contribution in [0.2, 0.25) is 0 Å². The highest BCUT2D eigenvalue weighted by atomic mass is 32.2. The number of phenolic OH excluding ortho intramolecular Hbond substituents is 1. The first-order valence-corrected chi connectivity index (χ1v) is 20.2. The molecule has 15 nitrogen and oxygen atoms in total. The Balaban J connectivity index is 1.25. The topological polar surface area (TPSA) is 190 Å². The third-order valence-electron chi connectivity index (χ3n) is 12.0. The molecule has 10 rings (SSSR count). The summed E-state index contributed by atoms with van der Waals surface area (Å²) < 4.78 is 35.5. The number of hydrogen-bond donors (Lipinski definition) is 2. The Morgan fingerprint density at radius 3 is 2.63 bits per heavy atom. The zero-order valence-corrected chi connectivity index (χ0v) is 33.4. The van der Waals surface area contributed by atoms with Crippen LogP contribution < -0.4 is 29.9 Å². The van der Waals surface area contributed by atoms with Crippen LogP contribution in [0.25, 0.3) is 11.0 Å². The molecule has 2 unspecified atom stereocenters. The number of esters is 2. The zero-order chi connectivity index (χ0) is 41.4. The van der Waals surface area contributed by atoms with Crippen molar-refractivity contribution in [1.29, 1.82) is 5.26 Å². The van der Waals surface area contributed by atoms with Gasteiger partial charge in [0.2, 0.25) is 6.79 Å². The number of thioether (sulfide) groups is 1. The van der Waals surface area contributed by atoms with Crippen LogP contribution in [0.15, 0.2) is 58.3 Å². The number of amides is 1. The van der Waals surface area contributed by atoms with E-state index in [-0.39, 0.29) is 36.2 Å². The van der Waals surface area contributed by atoms with Gasteiger partial charge in [-0.2, -0.15) is 5.26 Å². The number of phenols is 1. The first-order chi connectivity index (χ1) is 28.5. The first kappa shape index (κ1) is 38.5. The average Bonchev–Trinajstić information content (AvgIpc) is 3.70. The summed E-state index contributed by atoms with van der Waals surface area (Å²) in [5.74, 6) is -0.948. The maximum atomic E-state index is 14.1. The number of nitrogens with zero attached hydrogens (tertiary/aromatic N) is 3. The van der Waals surface area contributed by atoms with Crippen molar-refractivity contribution in [1.82, 2.24) is 15.1 Å². The normalized spacial score (nSPS) is 25.5. The molecule has 2 fully saturated rings. The number of aryl methyl sites for hydroxylation is 1. The van der Waals surface area contributed by atoms with Crippen molar-refractivity contribution in [3.63, 3.8) is 0 Å². The molecule has 16 heteroatoms. The first-order valence-electron chi connectivity index (χ1n) is 19.2. The molecule has 0 aliphatic carbocycles. The molecular weight excluding hydrogens is 781 g/mol. The van der Waals surface area contributed by atoms with Gasteiger partial charge in [0.15, 0.2) is 23.0 Å². The molecule has 4 aromatic rings. The van der Waals surface area contributed by atoms with Crippen molar-refractivity contribution in [3.8, 4) is 34.8 Å². The van der Waals surface area contributed by atoms with Crippen LogP contribution in [0.4, 0.5) is 0 Å². The summed E-state index contributed by atoms with van der Waals surface area (Å²) in [5.41, 5.74) is 3.03. The Kier molecular flexibility index (Phi) is 9.57. The van der Waals surface area contributed by atoms with E-state index < -0.39 is 65.0 Å². The maximum absolute atomic E-state index is 14.1.